The molecule has 0 fully saturated rings. The number of carbonyl (C=O) groups excluding carboxylic acids is 1. The molecular weight excluding hydrogens is 462 g/mol. The van der Waals surface area contributed by atoms with Gasteiger partial charge < -0.3 is 10.4 Å². The Labute approximate surface area is 225 Å². The highest BCUT2D eigenvalue weighted by Gasteiger charge is 2.06. The summed E-state index contributed by atoms with van der Waals surface area (Å²) in [6, 6.07) is 5.50. The van der Waals surface area contributed by atoms with Crippen molar-refractivity contribution in [2.45, 2.75) is 142 Å². The van der Waals surface area contributed by atoms with Crippen LogP contribution in [0, 0.1) is 0 Å². The zero-order chi connectivity index (χ0) is 25.7. The van der Waals surface area contributed by atoms with Crippen molar-refractivity contribution in [1.82, 2.24) is 5.32 Å². The highest BCUT2D eigenvalue weighted by atomic mass is 32.1. The quantitative estimate of drug-likeness (QED) is 0.145. The molecular formula is C32H53NO2S. The molecule has 2 aromatic rings. The van der Waals surface area contributed by atoms with Crippen molar-refractivity contribution in [1.29, 1.82) is 0 Å². The molecule has 204 valence electrons. The monoisotopic (exact) mass is 515 g/mol. The normalized spacial score (nSPS) is 11.4. The van der Waals surface area contributed by atoms with Gasteiger partial charge in [-0.2, -0.15) is 0 Å². The van der Waals surface area contributed by atoms with Crippen LogP contribution in [0.5, 0.6) is 5.75 Å². The van der Waals surface area contributed by atoms with Crippen LogP contribution in [0.3, 0.4) is 0 Å². The lowest BCUT2D eigenvalue weighted by Gasteiger charge is -2.06. The molecule has 0 aliphatic heterocycles. The van der Waals surface area contributed by atoms with E-state index in [0.29, 0.717) is 18.7 Å². The van der Waals surface area contributed by atoms with Crippen LogP contribution in [-0.2, 0) is 11.2 Å². The predicted octanol–water partition coefficient (Wildman–Crippen LogP) is 10.1. The highest BCUT2D eigenvalue weighted by Crippen LogP contribution is 2.29. The SMILES string of the molecule is CCCCCCCCCCCCCCCCCCCCCC(=O)NCCc1csc2ccc(O)cc12. The van der Waals surface area contributed by atoms with Gasteiger partial charge in [0.15, 0.2) is 0 Å². The number of benzene rings is 1. The molecule has 2 rings (SSSR count). The van der Waals surface area contributed by atoms with E-state index in [2.05, 4.69) is 17.6 Å². The van der Waals surface area contributed by atoms with Crippen LogP contribution < -0.4 is 5.32 Å². The molecule has 0 atom stereocenters. The molecule has 0 bridgehead atoms. The molecule has 0 saturated heterocycles. The zero-order valence-electron chi connectivity index (χ0n) is 23.1. The van der Waals surface area contributed by atoms with Crippen LogP contribution in [0.25, 0.3) is 10.1 Å². The lowest BCUT2D eigenvalue weighted by atomic mass is 10.0. The van der Waals surface area contributed by atoms with Gasteiger partial charge in [-0.25, -0.2) is 0 Å². The molecule has 36 heavy (non-hydrogen) atoms. The van der Waals surface area contributed by atoms with Gasteiger partial charge in [-0.15, -0.1) is 11.3 Å². The Morgan fingerprint density at radius 3 is 1.78 bits per heavy atom. The fourth-order valence-corrected chi connectivity index (χ4v) is 6.03. The number of phenolic OH excluding ortho intramolecular Hbond substituents is 1. The van der Waals surface area contributed by atoms with Crippen LogP contribution in [0.1, 0.15) is 141 Å². The van der Waals surface area contributed by atoms with Crippen molar-refractivity contribution in [3.05, 3.63) is 29.1 Å². The van der Waals surface area contributed by atoms with Gasteiger partial charge in [-0.05, 0) is 47.4 Å². The Morgan fingerprint density at radius 1 is 0.750 bits per heavy atom. The standard InChI is InChI=1S/C32H53NO2S/c1-2-3-4-5-6-7-8-9-10-11-12-13-14-15-16-17-18-19-20-21-32(35)33-25-24-28-27-36-31-23-22-29(34)26-30(28)31/h22-23,26-27,34H,2-21,24-25H2,1H3,(H,33,35). The van der Waals surface area contributed by atoms with E-state index >= 15 is 0 Å². The fraction of sp³-hybridized carbons (Fsp3) is 0.719. The average molecular weight is 516 g/mol. The van der Waals surface area contributed by atoms with Crippen molar-refractivity contribution < 1.29 is 9.90 Å². The Bertz CT molecular complexity index is 816. The molecule has 0 unspecified atom stereocenters. The predicted molar refractivity (Wildman–Crippen MR) is 158 cm³/mol. The molecule has 0 radical (unpaired) electrons. The lowest BCUT2D eigenvalue weighted by Crippen LogP contribution is -2.25. The van der Waals surface area contributed by atoms with Crippen molar-refractivity contribution in [2.75, 3.05) is 6.54 Å². The molecule has 1 amide bonds. The number of rotatable bonds is 23. The summed E-state index contributed by atoms with van der Waals surface area (Å²) in [6.45, 7) is 2.95. The van der Waals surface area contributed by atoms with E-state index in [1.54, 1.807) is 17.4 Å². The van der Waals surface area contributed by atoms with Crippen molar-refractivity contribution >= 4 is 27.3 Å². The largest absolute Gasteiger partial charge is 0.508 e. The molecule has 1 aromatic carbocycles. The number of carbonyl (C=O) groups is 1. The average Bonchev–Trinajstić information content (AvgIpc) is 3.27. The van der Waals surface area contributed by atoms with Gasteiger partial charge in [-0.3, -0.25) is 4.79 Å². The van der Waals surface area contributed by atoms with E-state index in [-0.39, 0.29) is 5.91 Å². The van der Waals surface area contributed by atoms with Crippen LogP contribution in [0.2, 0.25) is 0 Å². The highest BCUT2D eigenvalue weighted by molar-refractivity contribution is 7.17. The number of phenols is 1. The molecule has 0 aliphatic rings. The van der Waals surface area contributed by atoms with Crippen LogP contribution in [0.15, 0.2) is 23.6 Å². The maximum atomic E-state index is 12.1. The smallest absolute Gasteiger partial charge is 0.220 e. The van der Waals surface area contributed by atoms with Crippen molar-refractivity contribution in [3.8, 4) is 5.75 Å². The first-order valence-corrected chi connectivity index (χ1v) is 16.0. The van der Waals surface area contributed by atoms with Gasteiger partial charge in [-0.1, -0.05) is 122 Å². The molecule has 3 nitrogen and oxygen atoms in total. The third-order valence-electron chi connectivity index (χ3n) is 7.36. The van der Waals surface area contributed by atoms with E-state index in [4.69, 9.17) is 0 Å². The van der Waals surface area contributed by atoms with Gasteiger partial charge in [0.2, 0.25) is 5.91 Å². The second-order valence-electron chi connectivity index (χ2n) is 10.7. The first kappa shape index (κ1) is 30.7. The van der Waals surface area contributed by atoms with E-state index < -0.39 is 0 Å². The Hall–Kier alpha value is -1.55. The van der Waals surface area contributed by atoms with Gasteiger partial charge in [0.25, 0.3) is 0 Å². The topological polar surface area (TPSA) is 49.3 Å². The fourth-order valence-electron chi connectivity index (χ4n) is 5.05. The number of amides is 1. The summed E-state index contributed by atoms with van der Waals surface area (Å²) in [6.07, 6.45) is 27.5. The third kappa shape index (κ3) is 14.3. The molecule has 0 saturated carbocycles. The number of hydrogen-bond donors (Lipinski definition) is 2. The minimum absolute atomic E-state index is 0.171. The van der Waals surface area contributed by atoms with Gasteiger partial charge >= 0.3 is 0 Å². The summed E-state index contributed by atoms with van der Waals surface area (Å²) < 4.78 is 1.18. The molecule has 1 heterocycles. The first-order chi connectivity index (χ1) is 17.7. The number of fused-ring (bicyclic) bond motifs is 1. The van der Waals surface area contributed by atoms with E-state index in [0.717, 1.165) is 18.2 Å². The summed E-state index contributed by atoms with van der Waals surface area (Å²) in [7, 11) is 0. The van der Waals surface area contributed by atoms with Crippen LogP contribution in [0.4, 0.5) is 0 Å². The number of unbranched alkanes of at least 4 members (excludes halogenated alkanes) is 18. The molecule has 0 spiro atoms. The minimum atomic E-state index is 0.171. The molecule has 0 aliphatic carbocycles. The summed E-state index contributed by atoms with van der Waals surface area (Å²) in [5.74, 6) is 0.472. The van der Waals surface area contributed by atoms with E-state index in [1.165, 1.54) is 126 Å². The minimum Gasteiger partial charge on any atom is -0.508 e. The Kier molecular flexibility index (Phi) is 17.5. The summed E-state index contributed by atoms with van der Waals surface area (Å²) >= 11 is 1.69. The molecule has 2 N–H and O–H groups in total. The van der Waals surface area contributed by atoms with E-state index in [1.807, 2.05) is 12.1 Å². The molecule has 4 heteroatoms. The second-order valence-corrected chi connectivity index (χ2v) is 11.6. The Morgan fingerprint density at radius 2 is 1.25 bits per heavy atom. The van der Waals surface area contributed by atoms with Gasteiger partial charge in [0, 0.05) is 17.7 Å². The lowest BCUT2D eigenvalue weighted by molar-refractivity contribution is -0.121. The van der Waals surface area contributed by atoms with Crippen molar-refractivity contribution in [3.63, 3.8) is 0 Å². The van der Waals surface area contributed by atoms with E-state index in [9.17, 15) is 9.90 Å². The number of thiophene rings is 1. The maximum Gasteiger partial charge on any atom is 0.220 e. The maximum absolute atomic E-state index is 12.1. The van der Waals surface area contributed by atoms with Crippen LogP contribution >= 0.6 is 11.3 Å². The summed E-state index contributed by atoms with van der Waals surface area (Å²) in [5.41, 5.74) is 1.20. The summed E-state index contributed by atoms with van der Waals surface area (Å²) in [4.78, 5) is 12.1. The number of hydrogen-bond acceptors (Lipinski definition) is 3. The summed E-state index contributed by atoms with van der Waals surface area (Å²) in [5, 5.41) is 16.0. The molecule has 1 aromatic heterocycles. The first-order valence-electron chi connectivity index (χ1n) is 15.2. The van der Waals surface area contributed by atoms with Crippen LogP contribution in [-0.4, -0.2) is 17.6 Å². The third-order valence-corrected chi connectivity index (χ3v) is 8.37. The van der Waals surface area contributed by atoms with Gasteiger partial charge in [0.05, 0.1) is 0 Å². The van der Waals surface area contributed by atoms with Gasteiger partial charge in [0.1, 0.15) is 5.75 Å². The van der Waals surface area contributed by atoms with Crippen molar-refractivity contribution in [2.24, 2.45) is 0 Å². The second kappa shape index (κ2) is 20.5. The number of nitrogens with one attached hydrogen (secondary N) is 1. The number of aromatic hydroxyl groups is 1. The Balaban J connectivity index is 1.30. The zero-order valence-corrected chi connectivity index (χ0v) is 23.9.